The summed E-state index contributed by atoms with van der Waals surface area (Å²) in [6.45, 7) is 9.09. The van der Waals surface area contributed by atoms with Crippen LogP contribution in [0.2, 0.25) is 5.02 Å². The van der Waals surface area contributed by atoms with Gasteiger partial charge >= 0.3 is 6.09 Å². The maximum absolute atomic E-state index is 12.2. The van der Waals surface area contributed by atoms with Gasteiger partial charge in [-0.2, -0.15) is 4.98 Å². The highest BCUT2D eigenvalue weighted by atomic mass is 35.5. The van der Waals surface area contributed by atoms with Crippen molar-refractivity contribution in [2.75, 3.05) is 24.5 Å². The molecule has 1 aliphatic heterocycles. The lowest BCUT2D eigenvalue weighted by Gasteiger charge is -2.39. The Morgan fingerprint density at radius 3 is 2.76 bits per heavy atom. The first-order valence-corrected chi connectivity index (χ1v) is 8.55. The van der Waals surface area contributed by atoms with Gasteiger partial charge in [-0.1, -0.05) is 11.6 Å². The minimum atomic E-state index is -0.519. The number of benzene rings is 1. The quantitative estimate of drug-likeness (QED) is 0.829. The fraction of sp³-hybridized carbons (Fsp3) is 0.529. The van der Waals surface area contributed by atoms with Crippen molar-refractivity contribution < 1.29 is 19.1 Å². The molecule has 0 radical (unpaired) electrons. The van der Waals surface area contributed by atoms with E-state index in [0.29, 0.717) is 41.8 Å². The molecule has 1 atom stereocenters. The lowest BCUT2D eigenvalue weighted by molar-refractivity contribution is 0.0216. The smallest absolute Gasteiger partial charge is 0.410 e. The lowest BCUT2D eigenvalue weighted by Crippen LogP contribution is -2.54. The summed E-state index contributed by atoms with van der Waals surface area (Å²) in [5, 5.41) is 10.3. The fourth-order valence-electron chi connectivity index (χ4n) is 2.83. The minimum Gasteiger partial charge on any atom is -0.504 e. The van der Waals surface area contributed by atoms with E-state index in [9.17, 15) is 9.90 Å². The number of aromatic nitrogens is 1. The van der Waals surface area contributed by atoms with Gasteiger partial charge in [0.1, 0.15) is 11.1 Å². The number of nitrogens with zero attached hydrogens (tertiary/aromatic N) is 3. The third kappa shape index (κ3) is 3.76. The Balaban J connectivity index is 1.76. The number of ether oxygens (including phenoxy) is 1. The SMILES string of the molecule is C[C@H]1CN(C(=O)OC(C)(C)C)CCN1c1nc2cc(Cl)cc(O)c2o1. The predicted octanol–water partition coefficient (Wildman–Crippen LogP) is 3.63. The second-order valence-electron chi connectivity index (χ2n) is 7.24. The summed E-state index contributed by atoms with van der Waals surface area (Å²) >= 11 is 5.94. The zero-order valence-electron chi connectivity index (χ0n) is 14.7. The third-order valence-corrected chi connectivity index (χ3v) is 4.17. The maximum Gasteiger partial charge on any atom is 0.410 e. The minimum absolute atomic E-state index is 0.00746. The number of carbonyl (C=O) groups excluding carboxylic acids is 1. The fourth-order valence-corrected chi connectivity index (χ4v) is 3.03. The Bertz CT molecular complexity index is 799. The van der Waals surface area contributed by atoms with Crippen LogP contribution >= 0.6 is 11.6 Å². The molecule has 1 fully saturated rings. The molecule has 2 heterocycles. The van der Waals surface area contributed by atoms with Crippen molar-refractivity contribution in [2.24, 2.45) is 0 Å². The number of halogens is 1. The summed E-state index contributed by atoms with van der Waals surface area (Å²) in [7, 11) is 0. The topological polar surface area (TPSA) is 79.0 Å². The number of piperazine rings is 1. The van der Waals surface area contributed by atoms with Gasteiger partial charge in [0, 0.05) is 36.8 Å². The molecule has 8 heteroatoms. The van der Waals surface area contributed by atoms with Gasteiger partial charge in [0.25, 0.3) is 6.01 Å². The Morgan fingerprint density at radius 2 is 2.12 bits per heavy atom. The van der Waals surface area contributed by atoms with Crippen molar-refractivity contribution in [3.05, 3.63) is 17.2 Å². The summed E-state index contributed by atoms with van der Waals surface area (Å²) in [6.07, 6.45) is -0.319. The van der Waals surface area contributed by atoms with E-state index in [2.05, 4.69) is 4.98 Å². The van der Waals surface area contributed by atoms with Gasteiger partial charge in [-0.05, 0) is 33.8 Å². The standard InChI is InChI=1S/C17H22ClN3O4/c1-10-9-20(16(23)25-17(2,3)4)5-6-21(10)15-19-12-7-11(18)8-13(22)14(12)24-15/h7-8,10,22H,5-6,9H2,1-4H3/t10-/m0/s1. The molecular formula is C17H22ClN3O4. The van der Waals surface area contributed by atoms with Gasteiger partial charge in [-0.25, -0.2) is 4.79 Å². The average molecular weight is 368 g/mol. The number of oxazole rings is 1. The molecule has 0 aliphatic carbocycles. The highest BCUT2D eigenvalue weighted by Gasteiger charge is 2.32. The molecule has 7 nitrogen and oxygen atoms in total. The summed E-state index contributed by atoms with van der Waals surface area (Å²) in [5.74, 6) is -0.0405. The van der Waals surface area contributed by atoms with Crippen molar-refractivity contribution in [3.63, 3.8) is 0 Å². The van der Waals surface area contributed by atoms with Crippen molar-refractivity contribution in [1.82, 2.24) is 9.88 Å². The van der Waals surface area contributed by atoms with E-state index in [0.717, 1.165) is 0 Å². The van der Waals surface area contributed by atoms with Crippen LogP contribution in [0.15, 0.2) is 16.5 Å². The molecule has 1 saturated heterocycles. The molecule has 1 aliphatic rings. The lowest BCUT2D eigenvalue weighted by atomic mass is 10.2. The number of aromatic hydroxyl groups is 1. The van der Waals surface area contributed by atoms with Crippen LogP contribution in [-0.2, 0) is 4.74 Å². The van der Waals surface area contributed by atoms with E-state index in [1.807, 2.05) is 32.6 Å². The molecule has 0 spiro atoms. The molecule has 25 heavy (non-hydrogen) atoms. The molecule has 136 valence electrons. The Kier molecular flexibility index (Phi) is 4.45. The highest BCUT2D eigenvalue weighted by Crippen LogP contribution is 2.33. The van der Waals surface area contributed by atoms with Crippen LogP contribution in [-0.4, -0.2) is 52.4 Å². The zero-order valence-corrected chi connectivity index (χ0v) is 15.5. The first-order valence-electron chi connectivity index (χ1n) is 8.17. The highest BCUT2D eigenvalue weighted by molar-refractivity contribution is 6.31. The molecule has 1 aromatic carbocycles. The maximum atomic E-state index is 12.2. The molecule has 2 aromatic rings. The van der Waals surface area contributed by atoms with Crippen LogP contribution in [0.5, 0.6) is 5.75 Å². The van der Waals surface area contributed by atoms with Crippen LogP contribution in [0.4, 0.5) is 10.8 Å². The zero-order chi connectivity index (χ0) is 18.4. The number of anilines is 1. The number of amides is 1. The van der Waals surface area contributed by atoms with E-state index in [4.69, 9.17) is 20.8 Å². The summed E-state index contributed by atoms with van der Waals surface area (Å²) in [4.78, 5) is 20.3. The van der Waals surface area contributed by atoms with Crippen LogP contribution < -0.4 is 4.90 Å². The van der Waals surface area contributed by atoms with Crippen LogP contribution in [0.3, 0.4) is 0 Å². The second kappa shape index (κ2) is 6.29. The molecular weight excluding hydrogens is 346 g/mol. The Hall–Kier alpha value is -2.15. The number of hydrogen-bond acceptors (Lipinski definition) is 6. The average Bonchev–Trinajstić information content (AvgIpc) is 2.89. The van der Waals surface area contributed by atoms with E-state index >= 15 is 0 Å². The third-order valence-electron chi connectivity index (χ3n) is 3.95. The van der Waals surface area contributed by atoms with E-state index in [-0.39, 0.29) is 17.9 Å². The number of phenolic OH excluding ortho intramolecular Hbond substituents is 1. The van der Waals surface area contributed by atoms with E-state index in [1.54, 1.807) is 11.0 Å². The molecule has 0 saturated carbocycles. The number of fused-ring (bicyclic) bond motifs is 1. The largest absolute Gasteiger partial charge is 0.504 e. The monoisotopic (exact) mass is 367 g/mol. The first-order chi connectivity index (χ1) is 11.6. The normalized spacial score (nSPS) is 18.7. The van der Waals surface area contributed by atoms with E-state index < -0.39 is 5.60 Å². The van der Waals surface area contributed by atoms with Gasteiger partial charge in [0.15, 0.2) is 11.3 Å². The summed E-state index contributed by atoms with van der Waals surface area (Å²) < 4.78 is 11.1. The van der Waals surface area contributed by atoms with Crippen molar-refractivity contribution in [2.45, 2.75) is 39.3 Å². The van der Waals surface area contributed by atoms with Gasteiger partial charge in [0.2, 0.25) is 0 Å². The van der Waals surface area contributed by atoms with Crippen molar-refractivity contribution in [1.29, 1.82) is 0 Å². The number of rotatable bonds is 1. The van der Waals surface area contributed by atoms with Gasteiger partial charge in [-0.15, -0.1) is 0 Å². The second-order valence-corrected chi connectivity index (χ2v) is 7.67. The Morgan fingerprint density at radius 1 is 1.40 bits per heavy atom. The van der Waals surface area contributed by atoms with Gasteiger partial charge in [0.05, 0.1) is 0 Å². The van der Waals surface area contributed by atoms with Crippen LogP contribution in [0.25, 0.3) is 11.1 Å². The van der Waals surface area contributed by atoms with Crippen molar-refractivity contribution in [3.8, 4) is 5.75 Å². The molecule has 0 unspecified atom stereocenters. The van der Waals surface area contributed by atoms with Crippen molar-refractivity contribution >= 4 is 34.8 Å². The summed E-state index contributed by atoms with van der Waals surface area (Å²) in [6, 6.07) is 3.46. The molecule has 1 N–H and O–H groups in total. The molecule has 0 bridgehead atoms. The molecule has 1 aromatic heterocycles. The first kappa shape index (κ1) is 17.7. The Labute approximate surface area is 151 Å². The van der Waals surface area contributed by atoms with E-state index in [1.165, 1.54) is 6.07 Å². The van der Waals surface area contributed by atoms with Gasteiger partial charge in [-0.3, -0.25) is 0 Å². The number of hydrogen-bond donors (Lipinski definition) is 1. The van der Waals surface area contributed by atoms with Gasteiger partial charge < -0.3 is 24.1 Å². The number of carbonyl (C=O) groups is 1. The van der Waals surface area contributed by atoms with Crippen LogP contribution in [0, 0.1) is 0 Å². The molecule has 3 rings (SSSR count). The summed E-state index contributed by atoms with van der Waals surface area (Å²) in [5.41, 5.74) is 0.289. The number of phenols is 1. The van der Waals surface area contributed by atoms with Crippen LogP contribution in [0.1, 0.15) is 27.7 Å². The molecule has 1 amide bonds. The predicted molar refractivity (Wildman–Crippen MR) is 95.3 cm³/mol.